The second-order valence-electron chi connectivity index (χ2n) is 6.08. The van der Waals surface area contributed by atoms with E-state index in [0.717, 1.165) is 42.0 Å². The van der Waals surface area contributed by atoms with Gasteiger partial charge >= 0.3 is 0 Å². The van der Waals surface area contributed by atoms with Crippen LogP contribution in [0, 0.1) is 0 Å². The molecule has 2 rings (SSSR count). The summed E-state index contributed by atoms with van der Waals surface area (Å²) in [7, 11) is 1.91. The molecule has 0 heterocycles. The maximum Gasteiger partial charge on any atom is 0.224 e. The Labute approximate surface area is 150 Å². The van der Waals surface area contributed by atoms with Gasteiger partial charge in [-0.2, -0.15) is 0 Å². The number of amides is 1. The Morgan fingerprint density at radius 3 is 2.04 bits per heavy atom. The smallest absolute Gasteiger partial charge is 0.224 e. The summed E-state index contributed by atoms with van der Waals surface area (Å²) in [5.74, 6) is 0.0667. The number of benzene rings is 2. The molecule has 0 aliphatic heterocycles. The summed E-state index contributed by atoms with van der Waals surface area (Å²) < 4.78 is 0. The Bertz CT molecular complexity index is 690. The summed E-state index contributed by atoms with van der Waals surface area (Å²) in [6.45, 7) is 6.88. The molecular formula is C21H27N3O. The average molecular weight is 337 g/mol. The minimum Gasteiger partial charge on any atom is -0.388 e. The van der Waals surface area contributed by atoms with Gasteiger partial charge in [0.2, 0.25) is 5.91 Å². The summed E-state index contributed by atoms with van der Waals surface area (Å²) in [6.07, 6.45) is 2.14. The van der Waals surface area contributed by atoms with E-state index in [1.54, 1.807) is 0 Å². The van der Waals surface area contributed by atoms with Crippen LogP contribution in [0.3, 0.4) is 0 Å². The van der Waals surface area contributed by atoms with E-state index in [0.29, 0.717) is 6.42 Å². The minimum absolute atomic E-state index is 0.0667. The fraction of sp³-hybridized carbons (Fsp3) is 0.286. The van der Waals surface area contributed by atoms with Crippen LogP contribution in [0.25, 0.3) is 0 Å². The van der Waals surface area contributed by atoms with Gasteiger partial charge in [-0.25, -0.2) is 0 Å². The number of carbonyl (C=O) groups is 1. The Kier molecular flexibility index (Phi) is 7.08. The van der Waals surface area contributed by atoms with Gasteiger partial charge in [0, 0.05) is 37.1 Å². The van der Waals surface area contributed by atoms with Gasteiger partial charge in [-0.3, -0.25) is 4.79 Å². The van der Waals surface area contributed by atoms with Gasteiger partial charge in [-0.1, -0.05) is 37.8 Å². The largest absolute Gasteiger partial charge is 0.388 e. The molecule has 132 valence electrons. The van der Waals surface area contributed by atoms with Crippen molar-refractivity contribution < 1.29 is 4.79 Å². The maximum atomic E-state index is 11.7. The summed E-state index contributed by atoms with van der Waals surface area (Å²) in [5, 5.41) is 9.32. The Morgan fingerprint density at radius 1 is 0.920 bits per heavy atom. The van der Waals surface area contributed by atoms with E-state index in [2.05, 4.69) is 46.8 Å². The van der Waals surface area contributed by atoms with Crippen LogP contribution in [0.15, 0.2) is 60.8 Å². The van der Waals surface area contributed by atoms with Gasteiger partial charge in [-0.05, 0) is 41.8 Å². The highest BCUT2D eigenvalue weighted by Gasteiger charge is 2.03. The van der Waals surface area contributed by atoms with Crippen molar-refractivity contribution in [2.75, 3.05) is 24.2 Å². The fourth-order valence-electron chi connectivity index (χ4n) is 2.50. The van der Waals surface area contributed by atoms with Crippen LogP contribution in [0.5, 0.6) is 0 Å². The molecule has 0 saturated heterocycles. The molecule has 4 heteroatoms. The lowest BCUT2D eigenvalue weighted by Gasteiger charge is -2.11. The number of hydrogen-bond donors (Lipinski definition) is 3. The summed E-state index contributed by atoms with van der Waals surface area (Å²) in [5.41, 5.74) is 5.23. The molecule has 0 fully saturated rings. The lowest BCUT2D eigenvalue weighted by molar-refractivity contribution is -0.120. The summed E-state index contributed by atoms with van der Waals surface area (Å²) >= 11 is 0. The number of allylic oxidation sites excluding steroid dienone is 1. The predicted octanol–water partition coefficient (Wildman–Crippen LogP) is 3.97. The summed E-state index contributed by atoms with van der Waals surface area (Å²) in [6, 6.07) is 16.2. The number of carbonyl (C=O) groups excluding carboxylic acids is 1. The molecule has 1 amide bonds. The van der Waals surface area contributed by atoms with Gasteiger partial charge in [0.1, 0.15) is 0 Å². The molecule has 0 unspecified atom stereocenters. The first kappa shape index (κ1) is 18.6. The topological polar surface area (TPSA) is 53.2 Å². The Morgan fingerprint density at radius 2 is 1.48 bits per heavy atom. The van der Waals surface area contributed by atoms with E-state index >= 15 is 0 Å². The zero-order valence-corrected chi connectivity index (χ0v) is 15.1. The van der Waals surface area contributed by atoms with Crippen LogP contribution in [0.4, 0.5) is 11.4 Å². The van der Waals surface area contributed by atoms with Gasteiger partial charge < -0.3 is 16.0 Å². The Hall–Kier alpha value is -2.75. The highest BCUT2D eigenvalue weighted by atomic mass is 16.1. The number of hydrogen-bond acceptors (Lipinski definition) is 3. The van der Waals surface area contributed by atoms with Crippen LogP contribution < -0.4 is 16.0 Å². The van der Waals surface area contributed by atoms with E-state index in [4.69, 9.17) is 0 Å². The Balaban J connectivity index is 1.85. The third-order valence-electron chi connectivity index (χ3n) is 3.87. The highest BCUT2D eigenvalue weighted by molar-refractivity contribution is 5.78. The molecule has 0 atom stereocenters. The van der Waals surface area contributed by atoms with Crippen molar-refractivity contribution >= 4 is 17.3 Å². The lowest BCUT2D eigenvalue weighted by atomic mass is 10.1. The van der Waals surface area contributed by atoms with Gasteiger partial charge in [0.15, 0.2) is 0 Å². The highest BCUT2D eigenvalue weighted by Crippen LogP contribution is 2.16. The first-order valence-corrected chi connectivity index (χ1v) is 8.68. The van der Waals surface area contributed by atoms with Gasteiger partial charge in [0.25, 0.3) is 0 Å². The van der Waals surface area contributed by atoms with Crippen molar-refractivity contribution in [1.29, 1.82) is 0 Å². The monoisotopic (exact) mass is 337 g/mol. The summed E-state index contributed by atoms with van der Waals surface area (Å²) in [4.78, 5) is 11.7. The molecule has 2 aromatic rings. The van der Waals surface area contributed by atoms with E-state index in [1.807, 2.05) is 38.2 Å². The molecular weight excluding hydrogens is 310 g/mol. The van der Waals surface area contributed by atoms with Crippen molar-refractivity contribution in [3.05, 3.63) is 71.9 Å². The fourth-order valence-corrected chi connectivity index (χ4v) is 2.50. The second-order valence-corrected chi connectivity index (χ2v) is 6.08. The molecule has 0 aromatic heterocycles. The van der Waals surface area contributed by atoms with Crippen LogP contribution in [-0.4, -0.2) is 19.5 Å². The van der Waals surface area contributed by atoms with Crippen molar-refractivity contribution in [2.45, 2.75) is 26.2 Å². The average Bonchev–Trinajstić information content (AvgIpc) is 2.62. The normalized spacial score (nSPS) is 10.2. The zero-order chi connectivity index (χ0) is 18.1. The standard InChI is InChI=1S/C21H27N3O/c1-4-13-23-21(25)15-18-7-11-20(12-8-18)24-16(2)14-17-5-9-19(22-3)10-6-17/h5-12,22,24H,2,4,13-15H2,1,3H3,(H,23,25). The molecule has 0 aliphatic carbocycles. The SMILES string of the molecule is C=C(Cc1ccc(NC)cc1)Nc1ccc(CC(=O)NCCC)cc1. The lowest BCUT2D eigenvalue weighted by Crippen LogP contribution is -2.25. The third kappa shape index (κ3) is 6.34. The van der Waals surface area contributed by atoms with Crippen molar-refractivity contribution in [2.24, 2.45) is 0 Å². The van der Waals surface area contributed by atoms with Gasteiger partial charge in [0.05, 0.1) is 6.42 Å². The van der Waals surface area contributed by atoms with Crippen LogP contribution >= 0.6 is 0 Å². The van der Waals surface area contributed by atoms with Crippen molar-refractivity contribution in [3.63, 3.8) is 0 Å². The van der Waals surface area contributed by atoms with E-state index < -0.39 is 0 Å². The molecule has 0 bridgehead atoms. The molecule has 25 heavy (non-hydrogen) atoms. The molecule has 4 nitrogen and oxygen atoms in total. The van der Waals surface area contributed by atoms with Gasteiger partial charge in [-0.15, -0.1) is 0 Å². The van der Waals surface area contributed by atoms with Crippen LogP contribution in [-0.2, 0) is 17.6 Å². The molecule has 0 radical (unpaired) electrons. The number of nitrogens with one attached hydrogen (secondary N) is 3. The molecule has 3 N–H and O–H groups in total. The van der Waals surface area contributed by atoms with Crippen molar-refractivity contribution in [1.82, 2.24) is 5.32 Å². The van der Waals surface area contributed by atoms with Crippen LogP contribution in [0.2, 0.25) is 0 Å². The molecule has 0 aliphatic rings. The molecule has 0 spiro atoms. The number of rotatable bonds is 9. The van der Waals surface area contributed by atoms with Crippen molar-refractivity contribution in [3.8, 4) is 0 Å². The molecule has 0 saturated carbocycles. The quantitative estimate of drug-likeness (QED) is 0.649. The first-order chi connectivity index (χ1) is 12.1. The molecule has 2 aromatic carbocycles. The van der Waals surface area contributed by atoms with Crippen LogP contribution in [0.1, 0.15) is 24.5 Å². The third-order valence-corrected chi connectivity index (χ3v) is 3.87. The zero-order valence-electron chi connectivity index (χ0n) is 15.1. The van der Waals surface area contributed by atoms with E-state index in [9.17, 15) is 4.79 Å². The second kappa shape index (κ2) is 9.52. The minimum atomic E-state index is 0.0667. The van der Waals surface area contributed by atoms with E-state index in [1.165, 1.54) is 5.56 Å². The number of anilines is 2. The predicted molar refractivity (Wildman–Crippen MR) is 106 cm³/mol. The maximum absolute atomic E-state index is 11.7. The van der Waals surface area contributed by atoms with E-state index in [-0.39, 0.29) is 5.91 Å². The first-order valence-electron chi connectivity index (χ1n) is 8.68.